The summed E-state index contributed by atoms with van der Waals surface area (Å²) >= 11 is 9.96. The van der Waals surface area contributed by atoms with Crippen LogP contribution >= 0.6 is 23.2 Å². The van der Waals surface area contributed by atoms with Gasteiger partial charge in [0.2, 0.25) is 0 Å². The van der Waals surface area contributed by atoms with Crippen molar-refractivity contribution in [3.05, 3.63) is 96.7 Å². The molecular formula is C34H52Cl2N2O3. The fourth-order valence-corrected chi connectivity index (χ4v) is 3.27. The number of nitrogens with zero attached hydrogens (tertiary/aromatic N) is 2. The van der Waals surface area contributed by atoms with Gasteiger partial charge in [-0.15, -0.1) is 23.2 Å². The van der Waals surface area contributed by atoms with Crippen LogP contribution in [0.15, 0.2) is 90.7 Å². The van der Waals surface area contributed by atoms with Crippen LogP contribution in [0.4, 0.5) is 5.69 Å². The fourth-order valence-electron chi connectivity index (χ4n) is 3.17. The molecule has 230 valence electrons. The molecule has 0 aromatic heterocycles. The molecule has 0 bridgehead atoms. The minimum atomic E-state index is -0.397. The van der Waals surface area contributed by atoms with Crippen molar-refractivity contribution in [2.45, 2.75) is 67.7 Å². The van der Waals surface area contributed by atoms with E-state index in [1.165, 1.54) is 6.38 Å². The second-order valence-corrected chi connectivity index (χ2v) is 7.90. The predicted molar refractivity (Wildman–Crippen MR) is 183 cm³/mol. The van der Waals surface area contributed by atoms with Crippen LogP contribution in [0, 0.1) is 6.92 Å². The topological polar surface area (TPSA) is 51.1 Å². The lowest BCUT2D eigenvalue weighted by atomic mass is 9.93. The van der Waals surface area contributed by atoms with E-state index in [1.54, 1.807) is 18.3 Å². The van der Waals surface area contributed by atoms with Crippen LogP contribution < -0.4 is 9.75 Å². The van der Waals surface area contributed by atoms with E-state index < -0.39 is 5.92 Å². The van der Waals surface area contributed by atoms with E-state index in [-0.39, 0.29) is 5.97 Å². The Hall–Kier alpha value is -3.02. The first kappa shape index (κ1) is 42.4. The van der Waals surface area contributed by atoms with Gasteiger partial charge in [0.15, 0.2) is 0 Å². The second kappa shape index (κ2) is 30.0. The first-order chi connectivity index (χ1) is 19.9. The molecule has 0 fully saturated rings. The molecule has 0 N–H and O–H groups in total. The number of halogens is 2. The van der Waals surface area contributed by atoms with Crippen LogP contribution in [-0.2, 0) is 9.53 Å². The summed E-state index contributed by atoms with van der Waals surface area (Å²) in [5.74, 6) is 0.739. The molecule has 1 unspecified atom stereocenters. The molecule has 0 radical (unpaired) electrons. The Kier molecular flexibility index (Phi) is 31.0. The first-order valence-corrected chi connectivity index (χ1v) is 15.2. The number of anilines is 1. The molecule has 2 rings (SSSR count). The fraction of sp³-hybridized carbons (Fsp3) is 0.412. The number of methoxy groups -OCH3 is 1. The molecule has 2 aromatic rings. The number of hydrazone groups is 1. The van der Waals surface area contributed by atoms with Gasteiger partial charge in [0, 0.05) is 30.6 Å². The van der Waals surface area contributed by atoms with E-state index in [0.29, 0.717) is 18.9 Å². The number of carbonyl (C=O) groups excluding carboxylic acids is 1. The van der Waals surface area contributed by atoms with Gasteiger partial charge in [-0.2, -0.15) is 5.10 Å². The second-order valence-electron chi connectivity index (χ2n) is 7.59. The molecule has 0 aliphatic rings. The van der Waals surface area contributed by atoms with Crippen molar-refractivity contribution in [3.63, 3.8) is 0 Å². The van der Waals surface area contributed by atoms with Gasteiger partial charge in [0.25, 0.3) is 0 Å². The van der Waals surface area contributed by atoms with Crippen molar-refractivity contribution in [1.82, 2.24) is 0 Å². The predicted octanol–water partition coefficient (Wildman–Crippen LogP) is 10.3. The average molecular weight is 608 g/mol. The van der Waals surface area contributed by atoms with Crippen LogP contribution in [0.1, 0.15) is 71.9 Å². The van der Waals surface area contributed by atoms with Crippen molar-refractivity contribution in [1.29, 1.82) is 0 Å². The number of allylic oxidation sites excluding steroid dienone is 4. The lowest BCUT2D eigenvalue weighted by Crippen LogP contribution is -2.20. The summed E-state index contributed by atoms with van der Waals surface area (Å²) in [6.45, 7) is 19.9. The number of esters is 1. The van der Waals surface area contributed by atoms with Crippen LogP contribution in [0.3, 0.4) is 0 Å². The maximum Gasteiger partial charge on any atom is 0.313 e. The maximum absolute atomic E-state index is 12.6. The van der Waals surface area contributed by atoms with Gasteiger partial charge in [0.1, 0.15) is 5.75 Å². The molecule has 1 atom stereocenters. The Morgan fingerprint density at radius 1 is 1.07 bits per heavy atom. The Labute approximate surface area is 260 Å². The number of hydrogen-bond acceptors (Lipinski definition) is 5. The molecular weight excluding hydrogens is 555 g/mol. The van der Waals surface area contributed by atoms with E-state index in [4.69, 9.17) is 21.1 Å². The van der Waals surface area contributed by atoms with E-state index >= 15 is 0 Å². The monoisotopic (exact) mass is 606 g/mol. The molecule has 0 aliphatic carbocycles. The van der Waals surface area contributed by atoms with Crippen molar-refractivity contribution < 1.29 is 14.3 Å². The van der Waals surface area contributed by atoms with Gasteiger partial charge < -0.3 is 9.47 Å². The zero-order valence-corrected chi connectivity index (χ0v) is 28.3. The van der Waals surface area contributed by atoms with E-state index in [0.717, 1.165) is 28.3 Å². The van der Waals surface area contributed by atoms with Crippen LogP contribution in [0.25, 0.3) is 0 Å². The molecule has 0 amide bonds. The highest BCUT2D eigenvalue weighted by molar-refractivity contribution is 6.18. The van der Waals surface area contributed by atoms with Crippen molar-refractivity contribution >= 4 is 40.6 Å². The third-order valence-electron chi connectivity index (χ3n) is 4.83. The summed E-state index contributed by atoms with van der Waals surface area (Å²) in [5, 5.41) is 6.32. The standard InChI is InChI=1S/C23H28N2O3.C6H9Cl.2C2H6.CH3Cl/c1-6-25(20-11-13-21(27-5)14-12-20)24-18(4)16-22(23(26)28-7-2)19-10-8-9-17(3)15-19;1-2-3-4-5-6-7;3*1-2/h6,8-15,22H,1,7,16H2,2-5H3;2-5H,6H2,1H3;2*1-2H3;1H3/b24-18+;3-2-,5-4-;;;. The molecule has 0 heterocycles. The van der Waals surface area contributed by atoms with Crippen LogP contribution in [-0.4, -0.2) is 37.7 Å². The Balaban J connectivity index is -0.000000944. The Bertz CT molecular complexity index is 1000. The summed E-state index contributed by atoms with van der Waals surface area (Å²) in [6.07, 6.45) is 11.3. The molecule has 5 nitrogen and oxygen atoms in total. The maximum atomic E-state index is 12.6. The number of hydrogen-bond donors (Lipinski definition) is 0. The number of rotatable bonds is 11. The summed E-state index contributed by atoms with van der Waals surface area (Å²) in [5.41, 5.74) is 3.70. The lowest BCUT2D eigenvalue weighted by molar-refractivity contribution is -0.144. The van der Waals surface area contributed by atoms with Crippen LogP contribution in [0.2, 0.25) is 0 Å². The highest BCUT2D eigenvalue weighted by Gasteiger charge is 2.23. The van der Waals surface area contributed by atoms with Gasteiger partial charge in [0.05, 0.1) is 25.3 Å². The molecule has 0 saturated carbocycles. The van der Waals surface area contributed by atoms with Crippen molar-refractivity contribution in [2.75, 3.05) is 31.0 Å². The summed E-state index contributed by atoms with van der Waals surface area (Å²) < 4.78 is 10.5. The van der Waals surface area contributed by atoms with E-state index in [2.05, 4.69) is 23.3 Å². The summed E-state index contributed by atoms with van der Waals surface area (Å²) in [7, 11) is 1.63. The van der Waals surface area contributed by atoms with Gasteiger partial charge >= 0.3 is 5.97 Å². The lowest BCUT2D eigenvalue weighted by Gasteiger charge is -2.19. The van der Waals surface area contributed by atoms with Crippen LogP contribution in [0.5, 0.6) is 5.75 Å². The highest BCUT2D eigenvalue weighted by Crippen LogP contribution is 2.25. The zero-order valence-electron chi connectivity index (χ0n) is 26.8. The SMILES string of the molecule is C/C=C\C=C/CCl.C=CN(/N=C(\C)CC(C(=O)OCC)c1cccc(C)c1)c1ccc(OC)cc1.CC.CC.CCl. The summed E-state index contributed by atoms with van der Waals surface area (Å²) in [6, 6.07) is 15.5. The number of carbonyl (C=O) groups is 1. The molecule has 2 aromatic carbocycles. The van der Waals surface area contributed by atoms with Gasteiger partial charge in [-0.25, -0.2) is 5.01 Å². The molecule has 41 heavy (non-hydrogen) atoms. The molecule has 7 heteroatoms. The number of alkyl halides is 2. The smallest absolute Gasteiger partial charge is 0.313 e. The third-order valence-corrected chi connectivity index (χ3v) is 5.01. The minimum absolute atomic E-state index is 0.239. The molecule has 0 saturated heterocycles. The average Bonchev–Trinajstić information content (AvgIpc) is 3.02. The first-order valence-electron chi connectivity index (χ1n) is 13.9. The molecule has 0 spiro atoms. The van der Waals surface area contributed by atoms with Crippen molar-refractivity contribution in [2.24, 2.45) is 5.10 Å². The number of benzene rings is 2. The largest absolute Gasteiger partial charge is 0.497 e. The van der Waals surface area contributed by atoms with Gasteiger partial charge in [-0.3, -0.25) is 4.79 Å². The minimum Gasteiger partial charge on any atom is -0.497 e. The van der Waals surface area contributed by atoms with Crippen molar-refractivity contribution in [3.8, 4) is 5.75 Å². The Morgan fingerprint density at radius 3 is 2.15 bits per heavy atom. The van der Waals surface area contributed by atoms with E-state index in [9.17, 15) is 4.79 Å². The highest BCUT2D eigenvalue weighted by atomic mass is 35.5. The van der Waals surface area contributed by atoms with E-state index in [1.807, 2.05) is 128 Å². The Morgan fingerprint density at radius 2 is 1.68 bits per heavy atom. The number of aryl methyl sites for hydroxylation is 1. The van der Waals surface area contributed by atoms with Gasteiger partial charge in [-0.05, 0) is 57.5 Å². The number of ether oxygens (including phenoxy) is 2. The van der Waals surface area contributed by atoms with Gasteiger partial charge in [-0.1, -0.05) is 88.4 Å². The molecule has 0 aliphatic heterocycles. The normalized spacial score (nSPS) is 10.8. The summed E-state index contributed by atoms with van der Waals surface area (Å²) in [4.78, 5) is 12.6. The zero-order chi connectivity index (χ0) is 32.1. The third kappa shape index (κ3) is 19.7. The quantitative estimate of drug-likeness (QED) is 0.0839.